The summed E-state index contributed by atoms with van der Waals surface area (Å²) in [4.78, 5) is 19.0. The van der Waals surface area contributed by atoms with Gasteiger partial charge in [-0.25, -0.2) is 19.2 Å². The van der Waals surface area contributed by atoms with Crippen molar-refractivity contribution in [3.05, 3.63) is 35.3 Å². The molecule has 0 spiro atoms. The van der Waals surface area contributed by atoms with Gasteiger partial charge in [0.15, 0.2) is 17.4 Å². The Balaban J connectivity index is 2.57. The first-order valence-corrected chi connectivity index (χ1v) is 5.65. The Morgan fingerprint density at radius 2 is 2.10 bits per heavy atom. The molecule has 1 aromatic carbocycles. The number of nitrogens with two attached hydrogens (primary N) is 1. The number of ether oxygens (including phenoxy) is 1. The minimum absolute atomic E-state index is 0.0460. The average molecular weight is 277 g/mol. The molecule has 0 atom stereocenters. The van der Waals surface area contributed by atoms with Crippen molar-refractivity contribution in [2.45, 2.75) is 6.92 Å². The Morgan fingerprint density at radius 1 is 1.40 bits per heavy atom. The van der Waals surface area contributed by atoms with Crippen LogP contribution in [0, 0.1) is 12.7 Å². The molecule has 0 fully saturated rings. The molecule has 3 N–H and O–H groups in total. The number of carboxylic acids is 1. The molecule has 0 aliphatic heterocycles. The number of aromatic carboxylic acids is 1. The van der Waals surface area contributed by atoms with Gasteiger partial charge in [-0.3, -0.25) is 0 Å². The second-order valence-electron chi connectivity index (χ2n) is 4.05. The fourth-order valence-corrected chi connectivity index (χ4v) is 1.79. The quantitative estimate of drug-likeness (QED) is 0.888. The van der Waals surface area contributed by atoms with Crippen molar-refractivity contribution in [1.82, 2.24) is 9.97 Å². The van der Waals surface area contributed by atoms with E-state index in [1.54, 1.807) is 0 Å². The SMILES string of the molecule is COc1cc(-c2nc(C)c(C(=O)O)c(N)n2)ccc1F. The Hall–Kier alpha value is -2.70. The van der Waals surface area contributed by atoms with Gasteiger partial charge in [0.25, 0.3) is 0 Å². The summed E-state index contributed by atoms with van der Waals surface area (Å²) in [6.07, 6.45) is 0. The second kappa shape index (κ2) is 5.12. The van der Waals surface area contributed by atoms with Gasteiger partial charge < -0.3 is 15.6 Å². The normalized spacial score (nSPS) is 10.3. The van der Waals surface area contributed by atoms with E-state index in [1.165, 1.54) is 32.2 Å². The van der Waals surface area contributed by atoms with Crippen LogP contribution in [-0.4, -0.2) is 28.2 Å². The standard InChI is InChI=1S/C13H12FN3O3/c1-6-10(13(18)19)11(15)17-12(16-6)7-3-4-8(14)9(5-7)20-2/h3-5H,1-2H3,(H,18,19)(H2,15,16,17). The van der Waals surface area contributed by atoms with Crippen LogP contribution in [0.3, 0.4) is 0 Å². The second-order valence-corrected chi connectivity index (χ2v) is 4.05. The number of benzene rings is 1. The zero-order valence-corrected chi connectivity index (χ0v) is 10.8. The first-order chi connectivity index (χ1) is 9.43. The van der Waals surface area contributed by atoms with Gasteiger partial charge in [0.1, 0.15) is 11.4 Å². The third-order valence-corrected chi connectivity index (χ3v) is 2.74. The zero-order valence-electron chi connectivity index (χ0n) is 10.8. The van der Waals surface area contributed by atoms with Crippen molar-refractivity contribution in [2.75, 3.05) is 12.8 Å². The highest BCUT2D eigenvalue weighted by atomic mass is 19.1. The number of hydrogen-bond acceptors (Lipinski definition) is 5. The van der Waals surface area contributed by atoms with Crippen molar-refractivity contribution in [1.29, 1.82) is 0 Å². The maximum absolute atomic E-state index is 13.3. The van der Waals surface area contributed by atoms with E-state index in [4.69, 9.17) is 15.6 Å². The molecular weight excluding hydrogens is 265 g/mol. The zero-order chi connectivity index (χ0) is 14.9. The number of methoxy groups -OCH3 is 1. The van der Waals surface area contributed by atoms with Crippen molar-refractivity contribution in [3.63, 3.8) is 0 Å². The van der Waals surface area contributed by atoms with Crippen LogP contribution in [-0.2, 0) is 0 Å². The van der Waals surface area contributed by atoms with Crippen LogP contribution in [0.1, 0.15) is 16.1 Å². The van der Waals surface area contributed by atoms with Crippen LogP contribution in [0.15, 0.2) is 18.2 Å². The van der Waals surface area contributed by atoms with E-state index in [0.29, 0.717) is 5.56 Å². The van der Waals surface area contributed by atoms with Crippen LogP contribution >= 0.6 is 0 Å². The highest BCUT2D eigenvalue weighted by molar-refractivity contribution is 5.94. The molecule has 0 bridgehead atoms. The van der Waals surface area contributed by atoms with Gasteiger partial charge in [-0.15, -0.1) is 0 Å². The largest absolute Gasteiger partial charge is 0.494 e. The molecule has 0 aliphatic carbocycles. The monoisotopic (exact) mass is 277 g/mol. The summed E-state index contributed by atoms with van der Waals surface area (Å²) in [5.74, 6) is -1.58. The maximum Gasteiger partial charge on any atom is 0.341 e. The van der Waals surface area contributed by atoms with Crippen LogP contribution in [0.4, 0.5) is 10.2 Å². The fourth-order valence-electron chi connectivity index (χ4n) is 1.79. The average Bonchev–Trinajstić information content (AvgIpc) is 2.37. The Bertz CT molecular complexity index is 666. The van der Waals surface area contributed by atoms with Gasteiger partial charge >= 0.3 is 5.97 Å². The lowest BCUT2D eigenvalue weighted by atomic mass is 10.1. The summed E-state index contributed by atoms with van der Waals surface area (Å²) in [6, 6.07) is 4.10. The van der Waals surface area contributed by atoms with Gasteiger partial charge in [-0.05, 0) is 25.1 Å². The first-order valence-electron chi connectivity index (χ1n) is 5.65. The third kappa shape index (κ3) is 2.37. The lowest BCUT2D eigenvalue weighted by Gasteiger charge is -2.08. The molecule has 2 aromatic rings. The predicted octanol–water partition coefficient (Wildman–Crippen LogP) is 1.88. The van der Waals surface area contributed by atoms with E-state index in [-0.39, 0.29) is 28.6 Å². The number of anilines is 1. The Kier molecular flexibility index (Phi) is 3.51. The molecule has 7 heteroatoms. The lowest BCUT2D eigenvalue weighted by Crippen LogP contribution is -2.10. The van der Waals surface area contributed by atoms with Gasteiger partial charge in [0.05, 0.1) is 12.8 Å². The van der Waals surface area contributed by atoms with Crippen molar-refractivity contribution >= 4 is 11.8 Å². The number of halogens is 1. The summed E-state index contributed by atoms with van der Waals surface area (Å²) < 4.78 is 18.2. The minimum Gasteiger partial charge on any atom is -0.494 e. The van der Waals surface area contributed by atoms with Crippen LogP contribution < -0.4 is 10.5 Å². The Morgan fingerprint density at radius 3 is 2.65 bits per heavy atom. The van der Waals surface area contributed by atoms with Gasteiger partial charge in [-0.1, -0.05) is 0 Å². The van der Waals surface area contributed by atoms with E-state index >= 15 is 0 Å². The number of aryl methyl sites for hydroxylation is 1. The molecule has 1 aromatic heterocycles. The first kappa shape index (κ1) is 13.7. The number of carboxylic acid groups (broad SMARTS) is 1. The number of hydrogen-bond donors (Lipinski definition) is 2. The summed E-state index contributed by atoms with van der Waals surface area (Å²) in [5, 5.41) is 9.00. The number of carbonyl (C=O) groups is 1. The van der Waals surface area contributed by atoms with Crippen LogP contribution in [0.5, 0.6) is 5.75 Å². The molecule has 0 unspecified atom stereocenters. The summed E-state index contributed by atoms with van der Waals surface area (Å²) >= 11 is 0. The van der Waals surface area contributed by atoms with Crippen LogP contribution in [0.25, 0.3) is 11.4 Å². The molecular formula is C13H12FN3O3. The molecule has 20 heavy (non-hydrogen) atoms. The van der Waals surface area contributed by atoms with E-state index in [0.717, 1.165) is 0 Å². The fraction of sp³-hybridized carbons (Fsp3) is 0.154. The highest BCUT2D eigenvalue weighted by Gasteiger charge is 2.17. The third-order valence-electron chi connectivity index (χ3n) is 2.74. The Labute approximate surface area is 114 Å². The van der Waals surface area contributed by atoms with Gasteiger partial charge in [0.2, 0.25) is 0 Å². The van der Waals surface area contributed by atoms with Crippen LogP contribution in [0.2, 0.25) is 0 Å². The smallest absolute Gasteiger partial charge is 0.341 e. The number of rotatable bonds is 3. The number of nitrogen functional groups attached to an aromatic ring is 1. The summed E-state index contributed by atoms with van der Waals surface area (Å²) in [6.45, 7) is 1.52. The molecule has 0 saturated carbocycles. The molecule has 1 heterocycles. The van der Waals surface area contributed by atoms with Gasteiger partial charge in [0, 0.05) is 5.56 Å². The van der Waals surface area contributed by atoms with Crippen molar-refractivity contribution in [3.8, 4) is 17.1 Å². The number of aromatic nitrogens is 2. The summed E-state index contributed by atoms with van der Waals surface area (Å²) in [5.41, 5.74) is 6.21. The molecule has 0 aliphatic rings. The van der Waals surface area contributed by atoms with Crippen molar-refractivity contribution in [2.24, 2.45) is 0 Å². The van der Waals surface area contributed by atoms with E-state index in [2.05, 4.69) is 9.97 Å². The molecule has 0 amide bonds. The predicted molar refractivity (Wildman–Crippen MR) is 70.1 cm³/mol. The highest BCUT2D eigenvalue weighted by Crippen LogP contribution is 2.26. The van der Waals surface area contributed by atoms with E-state index in [9.17, 15) is 9.18 Å². The lowest BCUT2D eigenvalue weighted by molar-refractivity contribution is 0.0696. The van der Waals surface area contributed by atoms with E-state index in [1.807, 2.05) is 0 Å². The van der Waals surface area contributed by atoms with E-state index < -0.39 is 11.8 Å². The summed E-state index contributed by atoms with van der Waals surface area (Å²) in [7, 11) is 1.34. The maximum atomic E-state index is 13.3. The molecule has 6 nitrogen and oxygen atoms in total. The number of nitrogens with zero attached hydrogens (tertiary/aromatic N) is 2. The molecule has 2 rings (SSSR count). The molecule has 0 radical (unpaired) electrons. The molecule has 104 valence electrons. The molecule has 0 saturated heterocycles. The van der Waals surface area contributed by atoms with Crippen molar-refractivity contribution < 1.29 is 19.0 Å². The van der Waals surface area contributed by atoms with Gasteiger partial charge in [-0.2, -0.15) is 0 Å². The topological polar surface area (TPSA) is 98.3 Å². The minimum atomic E-state index is -1.19.